The molecule has 0 fully saturated rings. The van der Waals surface area contributed by atoms with Crippen LogP contribution < -0.4 is 0 Å². The summed E-state index contributed by atoms with van der Waals surface area (Å²) in [4.78, 5) is 18.9. The number of Topliss-reactive ketones (excluding diaryl/α,β-unsaturated/α-hetero) is 1. The van der Waals surface area contributed by atoms with Gasteiger partial charge in [0, 0.05) is 17.1 Å². The zero-order valence-electron chi connectivity index (χ0n) is 12.4. The highest BCUT2D eigenvalue weighted by Crippen LogP contribution is 2.20. The maximum atomic E-state index is 12.4. The van der Waals surface area contributed by atoms with Gasteiger partial charge in [0.25, 0.3) is 0 Å². The van der Waals surface area contributed by atoms with Crippen molar-refractivity contribution in [2.45, 2.75) is 47.5 Å². The van der Waals surface area contributed by atoms with E-state index in [9.17, 15) is 4.79 Å². The summed E-state index contributed by atoms with van der Waals surface area (Å²) in [6.07, 6.45) is 1.44. The molecule has 2 rings (SSSR count). The van der Waals surface area contributed by atoms with Gasteiger partial charge in [0.05, 0.1) is 12.1 Å². The highest BCUT2D eigenvalue weighted by molar-refractivity contribution is 5.97. The first-order valence-electron chi connectivity index (χ1n) is 6.80. The molecular formula is C16H22N2O. The van der Waals surface area contributed by atoms with E-state index in [1.807, 2.05) is 19.9 Å². The molecule has 102 valence electrons. The van der Waals surface area contributed by atoms with Crippen LogP contribution in [-0.4, -0.2) is 15.8 Å². The molecule has 0 radical (unpaired) electrons. The van der Waals surface area contributed by atoms with Gasteiger partial charge < -0.3 is 9.97 Å². The molecule has 0 saturated carbocycles. The van der Waals surface area contributed by atoms with Gasteiger partial charge in [-0.3, -0.25) is 4.79 Å². The average molecular weight is 258 g/mol. The van der Waals surface area contributed by atoms with Crippen LogP contribution in [0.15, 0.2) is 6.07 Å². The van der Waals surface area contributed by atoms with Crippen molar-refractivity contribution in [2.75, 3.05) is 0 Å². The van der Waals surface area contributed by atoms with Crippen LogP contribution in [0.25, 0.3) is 0 Å². The lowest BCUT2D eigenvalue weighted by atomic mass is 10.0. The number of aromatic nitrogens is 2. The lowest BCUT2D eigenvalue weighted by molar-refractivity contribution is 0.0987. The van der Waals surface area contributed by atoms with E-state index < -0.39 is 0 Å². The van der Waals surface area contributed by atoms with E-state index >= 15 is 0 Å². The fourth-order valence-electron chi connectivity index (χ4n) is 2.83. The number of carbonyl (C=O) groups is 1. The molecule has 2 aromatic rings. The van der Waals surface area contributed by atoms with Gasteiger partial charge >= 0.3 is 0 Å². The summed E-state index contributed by atoms with van der Waals surface area (Å²) in [5, 5.41) is 0. The summed E-state index contributed by atoms with van der Waals surface area (Å²) in [5.41, 5.74) is 7.60. The summed E-state index contributed by atoms with van der Waals surface area (Å²) in [5.74, 6) is 0.151. The van der Waals surface area contributed by atoms with Gasteiger partial charge in [-0.05, 0) is 56.9 Å². The van der Waals surface area contributed by atoms with Crippen molar-refractivity contribution in [3.63, 3.8) is 0 Å². The zero-order chi connectivity index (χ0) is 14.2. The Hall–Kier alpha value is -1.77. The second kappa shape index (κ2) is 5.08. The van der Waals surface area contributed by atoms with E-state index in [1.165, 1.54) is 16.8 Å². The Morgan fingerprint density at radius 2 is 1.84 bits per heavy atom. The van der Waals surface area contributed by atoms with Crippen molar-refractivity contribution in [3.8, 4) is 0 Å². The van der Waals surface area contributed by atoms with Crippen LogP contribution in [0.1, 0.15) is 51.2 Å². The van der Waals surface area contributed by atoms with Gasteiger partial charge in [-0.15, -0.1) is 0 Å². The second-order valence-corrected chi connectivity index (χ2v) is 5.30. The predicted octanol–water partition coefficient (Wildman–Crippen LogP) is 3.56. The number of hydrogen-bond donors (Lipinski definition) is 2. The maximum Gasteiger partial charge on any atom is 0.185 e. The van der Waals surface area contributed by atoms with Crippen LogP contribution in [0.3, 0.4) is 0 Å². The Kier molecular flexibility index (Phi) is 3.65. The molecule has 0 bridgehead atoms. The topological polar surface area (TPSA) is 48.6 Å². The monoisotopic (exact) mass is 258 g/mol. The van der Waals surface area contributed by atoms with E-state index in [4.69, 9.17) is 0 Å². The minimum atomic E-state index is 0.151. The molecule has 2 aromatic heterocycles. The molecule has 0 aliphatic rings. The summed E-state index contributed by atoms with van der Waals surface area (Å²) in [6.45, 7) is 10.3. The largest absolute Gasteiger partial charge is 0.362 e. The average Bonchev–Trinajstić information content (AvgIpc) is 2.80. The molecule has 2 heterocycles. The number of aromatic amines is 2. The van der Waals surface area contributed by atoms with Crippen LogP contribution in [-0.2, 0) is 12.8 Å². The highest BCUT2D eigenvalue weighted by atomic mass is 16.1. The molecule has 0 aliphatic carbocycles. The molecule has 0 aromatic carbocycles. The number of nitrogens with one attached hydrogen (secondary N) is 2. The van der Waals surface area contributed by atoms with Gasteiger partial charge in [-0.25, -0.2) is 0 Å². The van der Waals surface area contributed by atoms with Crippen LogP contribution in [0.5, 0.6) is 0 Å². The number of rotatable bonds is 4. The van der Waals surface area contributed by atoms with Crippen molar-refractivity contribution in [1.82, 2.24) is 9.97 Å². The molecule has 2 N–H and O–H groups in total. The molecule has 0 saturated heterocycles. The van der Waals surface area contributed by atoms with Crippen LogP contribution in [0.4, 0.5) is 0 Å². The van der Waals surface area contributed by atoms with Gasteiger partial charge in [-0.1, -0.05) is 6.92 Å². The number of hydrogen-bond acceptors (Lipinski definition) is 1. The van der Waals surface area contributed by atoms with Gasteiger partial charge in [0.15, 0.2) is 5.78 Å². The SMILES string of the molecule is CCc1c(C)[nH]c(CC(=O)c2[nH]c(C)cc2C)c1C. The quantitative estimate of drug-likeness (QED) is 0.809. The predicted molar refractivity (Wildman–Crippen MR) is 77.9 cm³/mol. The minimum Gasteiger partial charge on any atom is -0.362 e. The molecule has 3 nitrogen and oxygen atoms in total. The number of aryl methyl sites for hydroxylation is 3. The summed E-state index contributed by atoms with van der Waals surface area (Å²) >= 11 is 0. The fraction of sp³-hybridized carbons (Fsp3) is 0.438. The molecule has 0 atom stereocenters. The summed E-state index contributed by atoms with van der Waals surface area (Å²) < 4.78 is 0. The van der Waals surface area contributed by atoms with Gasteiger partial charge in [-0.2, -0.15) is 0 Å². The van der Waals surface area contributed by atoms with Crippen molar-refractivity contribution >= 4 is 5.78 Å². The Morgan fingerprint density at radius 1 is 1.16 bits per heavy atom. The van der Waals surface area contributed by atoms with Crippen LogP contribution in [0.2, 0.25) is 0 Å². The van der Waals surface area contributed by atoms with E-state index in [0.29, 0.717) is 6.42 Å². The fourth-order valence-corrected chi connectivity index (χ4v) is 2.83. The third-order valence-electron chi connectivity index (χ3n) is 3.82. The van der Waals surface area contributed by atoms with E-state index in [-0.39, 0.29) is 5.78 Å². The Balaban J connectivity index is 2.27. The minimum absolute atomic E-state index is 0.151. The maximum absolute atomic E-state index is 12.4. The zero-order valence-corrected chi connectivity index (χ0v) is 12.4. The van der Waals surface area contributed by atoms with Crippen LogP contribution in [0, 0.1) is 27.7 Å². The number of H-pyrrole nitrogens is 2. The second-order valence-electron chi connectivity index (χ2n) is 5.30. The molecular weight excluding hydrogens is 236 g/mol. The van der Waals surface area contributed by atoms with E-state index in [0.717, 1.165) is 29.1 Å². The third-order valence-corrected chi connectivity index (χ3v) is 3.82. The highest BCUT2D eigenvalue weighted by Gasteiger charge is 2.16. The molecule has 0 spiro atoms. The molecule has 0 aliphatic heterocycles. The molecule has 0 unspecified atom stereocenters. The standard InChI is InChI=1S/C16H22N2O/c1-6-13-11(4)14(18-12(13)5)8-15(19)16-9(2)7-10(3)17-16/h7,17-18H,6,8H2,1-5H3. The third kappa shape index (κ3) is 2.50. The van der Waals surface area contributed by atoms with Crippen molar-refractivity contribution in [3.05, 3.63) is 45.5 Å². The molecule has 3 heteroatoms. The first-order chi connectivity index (χ1) is 8.93. The Labute approximate surface area is 114 Å². The molecule has 0 amide bonds. The Bertz CT molecular complexity index is 617. The first-order valence-corrected chi connectivity index (χ1v) is 6.80. The summed E-state index contributed by atoms with van der Waals surface area (Å²) in [6, 6.07) is 2.01. The lowest BCUT2D eigenvalue weighted by Crippen LogP contribution is -2.07. The van der Waals surface area contributed by atoms with Gasteiger partial charge in [0.2, 0.25) is 0 Å². The normalized spacial score (nSPS) is 11.0. The van der Waals surface area contributed by atoms with E-state index in [1.54, 1.807) is 0 Å². The lowest BCUT2D eigenvalue weighted by Gasteiger charge is -2.01. The smallest absolute Gasteiger partial charge is 0.185 e. The molecule has 19 heavy (non-hydrogen) atoms. The first kappa shape index (κ1) is 13.7. The van der Waals surface area contributed by atoms with E-state index in [2.05, 4.69) is 30.7 Å². The summed E-state index contributed by atoms with van der Waals surface area (Å²) in [7, 11) is 0. The van der Waals surface area contributed by atoms with Crippen LogP contribution >= 0.6 is 0 Å². The number of carbonyl (C=O) groups excluding carboxylic acids is 1. The Morgan fingerprint density at radius 3 is 2.32 bits per heavy atom. The van der Waals surface area contributed by atoms with Crippen molar-refractivity contribution in [1.29, 1.82) is 0 Å². The van der Waals surface area contributed by atoms with Crippen molar-refractivity contribution < 1.29 is 4.79 Å². The number of ketones is 1. The van der Waals surface area contributed by atoms with Crippen molar-refractivity contribution in [2.24, 2.45) is 0 Å². The van der Waals surface area contributed by atoms with Gasteiger partial charge in [0.1, 0.15) is 0 Å².